The van der Waals surface area contributed by atoms with E-state index in [1.807, 2.05) is 12.1 Å². The topological polar surface area (TPSA) is 71.0 Å². The number of hydroxylamine groups is 1. The average Bonchev–Trinajstić information content (AvgIpc) is 3.27. The van der Waals surface area contributed by atoms with Gasteiger partial charge in [0.2, 0.25) is 5.91 Å². The number of likely N-dealkylation sites (tertiary alicyclic amines) is 1. The van der Waals surface area contributed by atoms with Gasteiger partial charge >= 0.3 is 0 Å². The molecule has 2 heterocycles. The van der Waals surface area contributed by atoms with Crippen molar-refractivity contribution in [2.24, 2.45) is 0 Å². The molecule has 2 aromatic carbocycles. The van der Waals surface area contributed by atoms with Crippen LogP contribution in [0.4, 0.5) is 4.39 Å². The van der Waals surface area contributed by atoms with Crippen molar-refractivity contribution in [3.63, 3.8) is 0 Å². The molecule has 0 unspecified atom stereocenters. The molecule has 158 valence electrons. The molecule has 0 aromatic heterocycles. The van der Waals surface area contributed by atoms with Crippen LogP contribution in [0.5, 0.6) is 11.5 Å². The molecule has 2 N–H and O–H groups in total. The molecule has 2 aliphatic heterocycles. The van der Waals surface area contributed by atoms with Gasteiger partial charge in [0.05, 0.1) is 13.0 Å². The fourth-order valence-corrected chi connectivity index (χ4v) is 3.98. The molecule has 0 aliphatic carbocycles. The van der Waals surface area contributed by atoms with E-state index in [1.165, 1.54) is 25.0 Å². The first-order chi connectivity index (χ1) is 14.6. The molecule has 0 bridgehead atoms. The minimum atomic E-state index is -0.504. The Morgan fingerprint density at radius 2 is 1.93 bits per heavy atom. The highest BCUT2D eigenvalue weighted by molar-refractivity contribution is 5.87. The van der Waals surface area contributed by atoms with Crippen LogP contribution in [0.2, 0.25) is 0 Å². The Bertz CT molecular complexity index is 937. The zero-order chi connectivity index (χ0) is 20.9. The molecular formula is C23H25FN2O4. The summed E-state index contributed by atoms with van der Waals surface area (Å²) in [4.78, 5) is 13.6. The van der Waals surface area contributed by atoms with Crippen LogP contribution in [0.3, 0.4) is 0 Å². The van der Waals surface area contributed by atoms with Crippen molar-refractivity contribution in [2.75, 3.05) is 32.8 Å². The molecule has 2 aromatic rings. The Morgan fingerprint density at radius 3 is 2.67 bits per heavy atom. The molecule has 1 amide bonds. The van der Waals surface area contributed by atoms with Gasteiger partial charge in [0.25, 0.3) is 0 Å². The van der Waals surface area contributed by atoms with Crippen molar-refractivity contribution in [3.05, 3.63) is 65.0 Å². The van der Waals surface area contributed by atoms with E-state index in [0.717, 1.165) is 47.7 Å². The third kappa shape index (κ3) is 4.63. The molecule has 4 rings (SSSR count). The normalized spacial score (nSPS) is 16.2. The van der Waals surface area contributed by atoms with Gasteiger partial charge in [0.15, 0.2) is 0 Å². The number of halogens is 1. The quantitative estimate of drug-likeness (QED) is 0.539. The van der Waals surface area contributed by atoms with E-state index in [0.29, 0.717) is 12.4 Å². The van der Waals surface area contributed by atoms with Crippen molar-refractivity contribution in [3.8, 4) is 11.5 Å². The van der Waals surface area contributed by atoms with Crippen LogP contribution in [-0.2, 0) is 4.79 Å². The molecule has 30 heavy (non-hydrogen) atoms. The predicted molar refractivity (Wildman–Crippen MR) is 110 cm³/mol. The van der Waals surface area contributed by atoms with Gasteiger partial charge in [-0.2, -0.15) is 0 Å². The van der Waals surface area contributed by atoms with Gasteiger partial charge in [-0.25, -0.2) is 9.87 Å². The molecular weight excluding hydrogens is 387 g/mol. The number of hydrogen-bond acceptors (Lipinski definition) is 5. The van der Waals surface area contributed by atoms with Crippen molar-refractivity contribution in [1.82, 2.24) is 10.4 Å². The summed E-state index contributed by atoms with van der Waals surface area (Å²) in [5.74, 6) is 0.577. The van der Waals surface area contributed by atoms with Crippen molar-refractivity contribution < 1.29 is 23.9 Å². The van der Waals surface area contributed by atoms with Crippen molar-refractivity contribution >= 4 is 11.5 Å². The summed E-state index contributed by atoms with van der Waals surface area (Å²) in [6.07, 6.45) is 2.46. The monoisotopic (exact) mass is 412 g/mol. The Hall–Kier alpha value is -2.90. The second-order valence-electron chi connectivity index (χ2n) is 7.55. The fourth-order valence-electron chi connectivity index (χ4n) is 3.98. The van der Waals surface area contributed by atoms with E-state index < -0.39 is 5.91 Å². The Balaban J connectivity index is 1.67. The van der Waals surface area contributed by atoms with Crippen molar-refractivity contribution in [2.45, 2.75) is 19.3 Å². The zero-order valence-electron chi connectivity index (χ0n) is 16.7. The van der Waals surface area contributed by atoms with Crippen LogP contribution in [0.1, 0.15) is 30.4 Å². The minimum Gasteiger partial charge on any atom is -0.493 e. The number of fused-ring (bicyclic) bond motifs is 1. The molecule has 0 spiro atoms. The van der Waals surface area contributed by atoms with E-state index >= 15 is 0 Å². The SMILES string of the molecule is O=C(CCOc1ccc2c(c1)C(c1ccc(F)cc1)=C(CN1CCCC1)CO2)NO. The summed E-state index contributed by atoms with van der Waals surface area (Å²) in [7, 11) is 0. The fraction of sp³-hybridized carbons (Fsp3) is 0.348. The van der Waals surface area contributed by atoms with Gasteiger partial charge in [-0.3, -0.25) is 14.9 Å². The second-order valence-corrected chi connectivity index (χ2v) is 7.55. The molecule has 0 radical (unpaired) electrons. The summed E-state index contributed by atoms with van der Waals surface area (Å²) < 4.78 is 25.3. The Labute approximate surface area is 174 Å². The second kappa shape index (κ2) is 9.28. The number of hydrogen-bond donors (Lipinski definition) is 2. The summed E-state index contributed by atoms with van der Waals surface area (Å²) in [6.45, 7) is 3.59. The van der Waals surface area contributed by atoms with Gasteiger partial charge < -0.3 is 9.47 Å². The third-order valence-electron chi connectivity index (χ3n) is 5.44. The van der Waals surface area contributed by atoms with E-state index in [-0.39, 0.29) is 18.8 Å². The Morgan fingerprint density at radius 1 is 1.17 bits per heavy atom. The van der Waals surface area contributed by atoms with Gasteiger partial charge in [-0.1, -0.05) is 12.1 Å². The van der Waals surface area contributed by atoms with Crippen LogP contribution in [-0.4, -0.2) is 48.9 Å². The summed E-state index contributed by atoms with van der Waals surface area (Å²) in [6, 6.07) is 12.1. The lowest BCUT2D eigenvalue weighted by Crippen LogP contribution is -2.26. The molecule has 0 saturated carbocycles. The first-order valence-electron chi connectivity index (χ1n) is 10.2. The average molecular weight is 412 g/mol. The highest BCUT2D eigenvalue weighted by Crippen LogP contribution is 2.40. The van der Waals surface area contributed by atoms with Gasteiger partial charge in [0.1, 0.15) is 23.9 Å². The third-order valence-corrected chi connectivity index (χ3v) is 5.44. The number of nitrogens with one attached hydrogen (secondary N) is 1. The van der Waals surface area contributed by atoms with Gasteiger partial charge in [0, 0.05) is 12.1 Å². The maximum Gasteiger partial charge on any atom is 0.246 e. The van der Waals surface area contributed by atoms with Crippen LogP contribution in [0.15, 0.2) is 48.0 Å². The minimum absolute atomic E-state index is 0.0466. The first kappa shape index (κ1) is 20.4. The maximum absolute atomic E-state index is 13.6. The highest BCUT2D eigenvalue weighted by Gasteiger charge is 2.25. The smallest absolute Gasteiger partial charge is 0.246 e. The van der Waals surface area contributed by atoms with E-state index in [1.54, 1.807) is 23.7 Å². The van der Waals surface area contributed by atoms with Gasteiger partial charge in [-0.05, 0) is 73.0 Å². The number of ether oxygens (including phenoxy) is 2. The zero-order valence-corrected chi connectivity index (χ0v) is 16.7. The number of carbonyl (C=O) groups excluding carboxylic acids is 1. The number of rotatable bonds is 7. The van der Waals surface area contributed by atoms with Crippen LogP contribution in [0, 0.1) is 5.82 Å². The summed E-state index contributed by atoms with van der Waals surface area (Å²) in [5.41, 5.74) is 5.63. The van der Waals surface area contributed by atoms with E-state index in [9.17, 15) is 9.18 Å². The molecule has 2 aliphatic rings. The largest absolute Gasteiger partial charge is 0.493 e. The lowest BCUT2D eigenvalue weighted by atomic mass is 9.90. The molecule has 1 fully saturated rings. The Kier molecular flexibility index (Phi) is 6.30. The first-order valence-corrected chi connectivity index (χ1v) is 10.2. The molecule has 0 atom stereocenters. The number of nitrogens with zero attached hydrogens (tertiary/aromatic N) is 1. The van der Waals surface area contributed by atoms with Crippen molar-refractivity contribution in [1.29, 1.82) is 0 Å². The van der Waals surface area contributed by atoms with E-state index in [2.05, 4.69) is 4.90 Å². The van der Waals surface area contributed by atoms with E-state index in [4.69, 9.17) is 14.7 Å². The number of benzene rings is 2. The van der Waals surface area contributed by atoms with Gasteiger partial charge in [-0.15, -0.1) is 0 Å². The predicted octanol–water partition coefficient (Wildman–Crippen LogP) is 3.39. The molecule has 7 heteroatoms. The number of carbonyl (C=O) groups is 1. The van der Waals surface area contributed by atoms with Crippen LogP contribution < -0.4 is 15.0 Å². The molecule has 6 nitrogen and oxygen atoms in total. The van der Waals surface area contributed by atoms with Crippen LogP contribution >= 0.6 is 0 Å². The maximum atomic E-state index is 13.6. The van der Waals surface area contributed by atoms with Crippen LogP contribution in [0.25, 0.3) is 5.57 Å². The highest BCUT2D eigenvalue weighted by atomic mass is 19.1. The lowest BCUT2D eigenvalue weighted by molar-refractivity contribution is -0.129. The number of amides is 1. The molecule has 1 saturated heterocycles. The summed E-state index contributed by atoms with van der Waals surface area (Å²) in [5, 5.41) is 8.61. The summed E-state index contributed by atoms with van der Waals surface area (Å²) >= 11 is 0. The standard InChI is InChI=1S/C23H25FN2O4/c24-18-5-3-16(4-6-18)23-17(14-26-10-1-2-11-26)15-30-21-8-7-19(13-20(21)23)29-12-9-22(27)25-28/h3-8,13,28H,1-2,9-12,14-15H2,(H,25,27). The lowest BCUT2D eigenvalue weighted by Gasteiger charge is -2.27.